The molecule has 7 aliphatic carbocycles. The van der Waals surface area contributed by atoms with E-state index in [-0.39, 0.29) is 0 Å². The molecule has 0 saturated heterocycles. The Bertz CT molecular complexity index is 763. The van der Waals surface area contributed by atoms with E-state index in [1.807, 2.05) is 0 Å². The summed E-state index contributed by atoms with van der Waals surface area (Å²) in [6.45, 7) is 0. The molecule has 222 valence electrons. The summed E-state index contributed by atoms with van der Waals surface area (Å²) in [4.78, 5) is 0.833. The molecule has 0 spiro atoms. The van der Waals surface area contributed by atoms with Gasteiger partial charge in [0.25, 0.3) is 0 Å². The van der Waals surface area contributed by atoms with Gasteiger partial charge in [-0.2, -0.15) is 0 Å². The summed E-state index contributed by atoms with van der Waals surface area (Å²) in [7, 11) is 0. The van der Waals surface area contributed by atoms with E-state index in [4.69, 9.17) is 0 Å². The molecule has 7 fully saturated rings. The number of alkyl halides is 1. The van der Waals surface area contributed by atoms with E-state index in [2.05, 4.69) is 15.9 Å². The number of rotatable bonds is 4. The lowest BCUT2D eigenvalue weighted by Gasteiger charge is -2.57. The molecule has 7 rings (SSSR count). The zero-order valence-corrected chi connectivity index (χ0v) is 27.1. The SMILES string of the molecule is BrC1CCC2C(CCC(C3CCCC(C4CCC5CCCCC5C4)C3)C2C2CCCCC2)C1C1CCCCC1. The van der Waals surface area contributed by atoms with Crippen molar-refractivity contribution in [3.63, 3.8) is 0 Å². The molecule has 0 heterocycles. The van der Waals surface area contributed by atoms with Crippen molar-refractivity contribution in [1.82, 2.24) is 0 Å². The van der Waals surface area contributed by atoms with Crippen molar-refractivity contribution in [2.24, 2.45) is 71.0 Å². The molecule has 1 heteroatoms. The van der Waals surface area contributed by atoms with Crippen molar-refractivity contribution in [1.29, 1.82) is 0 Å². The normalized spacial score (nSPS) is 48.7. The molecule has 0 aliphatic heterocycles. The topological polar surface area (TPSA) is 0 Å². The van der Waals surface area contributed by atoms with Crippen LogP contribution in [-0.4, -0.2) is 4.83 Å². The molecule has 0 amide bonds. The van der Waals surface area contributed by atoms with Gasteiger partial charge < -0.3 is 0 Å². The standard InChI is InChI=1S/C38H63Br/c39-36-23-22-34-35(38(36)28-13-5-2-6-14-28)21-20-33(37(34)27-11-3-1-4-12-27)32-17-9-16-30(25-32)31-19-18-26-10-7-8-15-29(26)24-31/h26-38H,1-25H2. The zero-order valence-electron chi connectivity index (χ0n) is 25.6. The average Bonchev–Trinajstić information content (AvgIpc) is 3.01. The van der Waals surface area contributed by atoms with Crippen LogP contribution in [0.5, 0.6) is 0 Å². The van der Waals surface area contributed by atoms with Crippen LogP contribution in [-0.2, 0) is 0 Å². The van der Waals surface area contributed by atoms with Gasteiger partial charge in [0.1, 0.15) is 0 Å². The van der Waals surface area contributed by atoms with Gasteiger partial charge in [-0.1, -0.05) is 125 Å². The van der Waals surface area contributed by atoms with E-state index >= 15 is 0 Å². The summed E-state index contributed by atoms with van der Waals surface area (Å²) in [5, 5.41) is 0. The highest BCUT2D eigenvalue weighted by Gasteiger charge is 2.52. The van der Waals surface area contributed by atoms with Crippen molar-refractivity contribution in [3.8, 4) is 0 Å². The Balaban J connectivity index is 1.09. The van der Waals surface area contributed by atoms with Gasteiger partial charge in [0, 0.05) is 4.83 Å². The minimum atomic E-state index is 0.833. The van der Waals surface area contributed by atoms with Crippen LogP contribution in [0.4, 0.5) is 0 Å². The molecule has 11 unspecified atom stereocenters. The molecule has 0 N–H and O–H groups in total. The maximum atomic E-state index is 4.34. The molecule has 0 nitrogen and oxygen atoms in total. The van der Waals surface area contributed by atoms with Crippen molar-refractivity contribution in [2.75, 3.05) is 0 Å². The van der Waals surface area contributed by atoms with Gasteiger partial charge >= 0.3 is 0 Å². The molecule has 0 aromatic rings. The molecule has 0 radical (unpaired) electrons. The highest BCUT2D eigenvalue weighted by atomic mass is 79.9. The number of fused-ring (bicyclic) bond motifs is 2. The first-order chi connectivity index (χ1) is 19.3. The predicted molar refractivity (Wildman–Crippen MR) is 170 cm³/mol. The van der Waals surface area contributed by atoms with Crippen LogP contribution < -0.4 is 0 Å². The largest absolute Gasteiger partial charge is 0.0887 e. The lowest BCUT2D eigenvalue weighted by Crippen LogP contribution is -2.50. The van der Waals surface area contributed by atoms with E-state index in [9.17, 15) is 0 Å². The second kappa shape index (κ2) is 13.0. The van der Waals surface area contributed by atoms with Gasteiger partial charge in [-0.3, -0.25) is 0 Å². The highest BCUT2D eigenvalue weighted by Crippen LogP contribution is 2.60. The molecule has 0 aromatic carbocycles. The van der Waals surface area contributed by atoms with Gasteiger partial charge in [0.2, 0.25) is 0 Å². The van der Waals surface area contributed by atoms with E-state index in [1.54, 1.807) is 128 Å². The molecule has 7 saturated carbocycles. The maximum absolute atomic E-state index is 4.34. The smallest absolute Gasteiger partial charge is 0.0179 e. The summed E-state index contributed by atoms with van der Waals surface area (Å²) in [5.41, 5.74) is 0. The van der Waals surface area contributed by atoms with Gasteiger partial charge in [-0.25, -0.2) is 0 Å². The van der Waals surface area contributed by atoms with Gasteiger partial charge in [0.15, 0.2) is 0 Å². The summed E-state index contributed by atoms with van der Waals surface area (Å²) in [5.74, 6) is 13.1. The fourth-order valence-corrected chi connectivity index (χ4v) is 14.5. The fourth-order valence-electron chi connectivity index (χ4n) is 13.4. The van der Waals surface area contributed by atoms with Crippen LogP contribution in [0.3, 0.4) is 0 Å². The molecule has 7 aliphatic rings. The third-order valence-electron chi connectivity index (χ3n) is 15.1. The summed E-state index contributed by atoms with van der Waals surface area (Å²) < 4.78 is 0. The number of halogens is 1. The van der Waals surface area contributed by atoms with Crippen molar-refractivity contribution in [2.45, 2.75) is 165 Å². The molecular formula is C38H63Br. The van der Waals surface area contributed by atoms with Crippen molar-refractivity contribution in [3.05, 3.63) is 0 Å². The fraction of sp³-hybridized carbons (Fsp3) is 1.00. The summed E-state index contributed by atoms with van der Waals surface area (Å²) in [6.07, 6.45) is 39.3. The number of hydrogen-bond acceptors (Lipinski definition) is 0. The monoisotopic (exact) mass is 598 g/mol. The minimum Gasteiger partial charge on any atom is -0.0887 e. The van der Waals surface area contributed by atoms with Crippen LogP contribution in [0.25, 0.3) is 0 Å². The van der Waals surface area contributed by atoms with Crippen LogP contribution in [0.1, 0.15) is 161 Å². The van der Waals surface area contributed by atoms with E-state index in [0.717, 1.165) is 75.8 Å². The Morgan fingerprint density at radius 1 is 0.282 bits per heavy atom. The van der Waals surface area contributed by atoms with Gasteiger partial charge in [0.05, 0.1) is 0 Å². The maximum Gasteiger partial charge on any atom is 0.0179 e. The lowest BCUT2D eigenvalue weighted by molar-refractivity contribution is -0.0652. The lowest BCUT2D eigenvalue weighted by atomic mass is 9.49. The Morgan fingerprint density at radius 3 is 1.49 bits per heavy atom. The Labute approximate surface area is 251 Å². The van der Waals surface area contributed by atoms with Crippen molar-refractivity contribution >= 4 is 15.9 Å². The highest BCUT2D eigenvalue weighted by molar-refractivity contribution is 9.09. The van der Waals surface area contributed by atoms with E-state index < -0.39 is 0 Å². The second-order valence-corrected chi connectivity index (χ2v) is 17.9. The second-order valence-electron chi connectivity index (χ2n) is 16.7. The first-order valence-corrected chi connectivity index (χ1v) is 19.8. The Hall–Kier alpha value is 0.480. The Kier molecular flexibility index (Phi) is 9.42. The predicted octanol–water partition coefficient (Wildman–Crippen LogP) is 12.0. The summed E-state index contributed by atoms with van der Waals surface area (Å²) in [6, 6.07) is 0. The third-order valence-corrected chi connectivity index (χ3v) is 16.1. The Morgan fingerprint density at radius 2 is 0.718 bits per heavy atom. The van der Waals surface area contributed by atoms with Crippen LogP contribution in [0.2, 0.25) is 0 Å². The van der Waals surface area contributed by atoms with E-state index in [1.165, 1.54) is 32.1 Å². The summed E-state index contributed by atoms with van der Waals surface area (Å²) >= 11 is 4.34. The molecule has 11 atom stereocenters. The first kappa shape index (κ1) is 28.3. The third kappa shape index (κ3) is 5.99. The van der Waals surface area contributed by atoms with Crippen molar-refractivity contribution < 1.29 is 0 Å². The molecule has 0 bridgehead atoms. The molecule has 39 heavy (non-hydrogen) atoms. The van der Waals surface area contributed by atoms with Gasteiger partial charge in [-0.15, -0.1) is 0 Å². The molecular weight excluding hydrogens is 536 g/mol. The van der Waals surface area contributed by atoms with Crippen LogP contribution in [0, 0.1) is 71.0 Å². The molecule has 0 aromatic heterocycles. The van der Waals surface area contributed by atoms with E-state index in [0.29, 0.717) is 0 Å². The minimum absolute atomic E-state index is 0.833. The quantitative estimate of drug-likeness (QED) is 0.282. The van der Waals surface area contributed by atoms with Crippen LogP contribution >= 0.6 is 15.9 Å². The first-order valence-electron chi connectivity index (χ1n) is 18.9. The number of hydrogen-bond donors (Lipinski definition) is 0. The average molecular weight is 600 g/mol. The van der Waals surface area contributed by atoms with Gasteiger partial charge in [-0.05, 0) is 122 Å². The van der Waals surface area contributed by atoms with Crippen LogP contribution in [0.15, 0.2) is 0 Å². The zero-order chi connectivity index (χ0) is 26.2.